The highest BCUT2D eigenvalue weighted by Crippen LogP contribution is 2.14. The predicted octanol–water partition coefficient (Wildman–Crippen LogP) is 2.02. The average molecular weight is 217 g/mol. The minimum absolute atomic E-state index is 0.140. The third-order valence-corrected chi connectivity index (χ3v) is 2.13. The molecule has 15 heavy (non-hydrogen) atoms. The Morgan fingerprint density at radius 3 is 2.60 bits per heavy atom. The van der Waals surface area contributed by atoms with E-state index in [2.05, 4.69) is 0 Å². The van der Waals surface area contributed by atoms with Gasteiger partial charge in [-0.25, -0.2) is 0 Å². The molecular weight excluding hydrogens is 198 g/mol. The zero-order chi connectivity index (χ0) is 11.7. The van der Waals surface area contributed by atoms with Crippen LogP contribution in [-0.2, 0) is 9.53 Å². The van der Waals surface area contributed by atoms with E-state index < -0.39 is 0 Å². The molecule has 0 aromatic heterocycles. The molecule has 0 heterocycles. The fraction of sp³-hybridized carbons (Fsp3) is 0.900. The molecule has 0 amide bonds. The number of nitro groups is 1. The van der Waals surface area contributed by atoms with Crippen LogP contribution in [0.5, 0.6) is 0 Å². The molecule has 0 spiro atoms. The van der Waals surface area contributed by atoms with Gasteiger partial charge in [-0.05, 0) is 13.3 Å². The third kappa shape index (κ3) is 7.90. The second-order valence-electron chi connectivity index (χ2n) is 3.53. The largest absolute Gasteiger partial charge is 0.466 e. The third-order valence-electron chi connectivity index (χ3n) is 2.13. The Kier molecular flexibility index (Phi) is 7.58. The summed E-state index contributed by atoms with van der Waals surface area (Å²) in [6.07, 6.45) is 2.78. The van der Waals surface area contributed by atoms with Crippen molar-refractivity contribution in [2.24, 2.45) is 5.92 Å². The summed E-state index contributed by atoms with van der Waals surface area (Å²) in [5.41, 5.74) is 0. The summed E-state index contributed by atoms with van der Waals surface area (Å²) in [5.74, 6) is -0.514. The minimum Gasteiger partial charge on any atom is -0.466 e. The van der Waals surface area contributed by atoms with Gasteiger partial charge < -0.3 is 4.74 Å². The van der Waals surface area contributed by atoms with Crippen molar-refractivity contribution in [3.8, 4) is 0 Å². The predicted molar refractivity (Wildman–Crippen MR) is 56.1 cm³/mol. The zero-order valence-electron chi connectivity index (χ0n) is 9.40. The fourth-order valence-corrected chi connectivity index (χ4v) is 1.42. The molecule has 0 fully saturated rings. The lowest BCUT2D eigenvalue weighted by Crippen LogP contribution is -2.19. The Bertz CT molecular complexity index is 206. The lowest BCUT2D eigenvalue weighted by atomic mass is 9.99. The van der Waals surface area contributed by atoms with Crippen LogP contribution in [0.15, 0.2) is 0 Å². The van der Waals surface area contributed by atoms with Gasteiger partial charge in [-0.3, -0.25) is 14.9 Å². The first-order valence-corrected chi connectivity index (χ1v) is 5.37. The average Bonchev–Trinajstić information content (AvgIpc) is 2.13. The van der Waals surface area contributed by atoms with E-state index in [1.807, 2.05) is 6.92 Å². The van der Waals surface area contributed by atoms with Gasteiger partial charge in [0.1, 0.15) is 0 Å². The first-order valence-electron chi connectivity index (χ1n) is 5.37. The van der Waals surface area contributed by atoms with Crippen LogP contribution in [0.1, 0.15) is 39.5 Å². The molecule has 0 aromatic carbocycles. The second-order valence-corrected chi connectivity index (χ2v) is 3.53. The molecule has 0 bridgehead atoms. The molecule has 1 atom stereocenters. The van der Waals surface area contributed by atoms with E-state index >= 15 is 0 Å². The van der Waals surface area contributed by atoms with Gasteiger partial charge in [0.05, 0.1) is 13.0 Å². The number of esters is 1. The highest BCUT2D eigenvalue weighted by atomic mass is 16.6. The van der Waals surface area contributed by atoms with Gasteiger partial charge in [0.2, 0.25) is 6.54 Å². The molecule has 0 N–H and O–H groups in total. The topological polar surface area (TPSA) is 69.4 Å². The minimum atomic E-state index is -0.362. The van der Waals surface area contributed by atoms with E-state index in [1.165, 1.54) is 0 Å². The molecule has 5 heteroatoms. The maximum absolute atomic E-state index is 11.2. The Labute approximate surface area is 90.0 Å². The van der Waals surface area contributed by atoms with Crippen LogP contribution in [0.25, 0.3) is 0 Å². The van der Waals surface area contributed by atoms with Crippen LogP contribution in [0.4, 0.5) is 0 Å². The zero-order valence-corrected chi connectivity index (χ0v) is 9.40. The summed E-state index contributed by atoms with van der Waals surface area (Å²) in [6.45, 7) is 3.94. The van der Waals surface area contributed by atoms with Gasteiger partial charge in [-0.2, -0.15) is 0 Å². The van der Waals surface area contributed by atoms with E-state index in [0.29, 0.717) is 6.61 Å². The molecule has 0 aliphatic carbocycles. The van der Waals surface area contributed by atoms with Crippen LogP contribution >= 0.6 is 0 Å². The molecule has 0 aliphatic rings. The fourth-order valence-electron chi connectivity index (χ4n) is 1.42. The smallest absolute Gasteiger partial charge is 0.306 e. The van der Waals surface area contributed by atoms with Crippen molar-refractivity contribution in [3.05, 3.63) is 10.1 Å². The van der Waals surface area contributed by atoms with Crippen molar-refractivity contribution in [1.29, 1.82) is 0 Å². The van der Waals surface area contributed by atoms with E-state index in [0.717, 1.165) is 19.3 Å². The number of nitrogens with zero attached hydrogens (tertiary/aromatic N) is 1. The molecular formula is C10H19NO4. The highest BCUT2D eigenvalue weighted by molar-refractivity contribution is 5.69. The lowest BCUT2D eigenvalue weighted by Gasteiger charge is -2.10. The van der Waals surface area contributed by atoms with Crippen molar-refractivity contribution in [3.63, 3.8) is 0 Å². The van der Waals surface area contributed by atoms with Crippen molar-refractivity contribution < 1.29 is 14.5 Å². The van der Waals surface area contributed by atoms with Gasteiger partial charge in [0.15, 0.2) is 0 Å². The van der Waals surface area contributed by atoms with Crippen LogP contribution in [0.3, 0.4) is 0 Å². The first-order chi connectivity index (χ1) is 7.10. The Balaban J connectivity index is 3.98. The summed E-state index contributed by atoms with van der Waals surface area (Å²) in [7, 11) is 0. The number of ether oxygens (including phenoxy) is 1. The van der Waals surface area contributed by atoms with Crippen molar-refractivity contribution in [1.82, 2.24) is 0 Å². The summed E-state index contributed by atoms with van der Waals surface area (Å²) >= 11 is 0. The Hall–Kier alpha value is -1.13. The molecule has 88 valence electrons. The van der Waals surface area contributed by atoms with Gasteiger partial charge in [0.25, 0.3) is 0 Å². The molecule has 0 radical (unpaired) electrons. The van der Waals surface area contributed by atoms with Crippen LogP contribution < -0.4 is 0 Å². The number of carbonyl (C=O) groups is 1. The standard InChI is InChI=1S/C10H19NO4/c1-3-5-6-9(8-11(13)14)7-10(12)15-4-2/h9H,3-8H2,1-2H3/t9-/m0/s1. The van der Waals surface area contributed by atoms with Gasteiger partial charge in [-0.1, -0.05) is 19.8 Å². The number of hydrogen-bond donors (Lipinski definition) is 0. The van der Waals surface area contributed by atoms with Crippen molar-refractivity contribution in [2.75, 3.05) is 13.2 Å². The quantitative estimate of drug-likeness (QED) is 0.354. The van der Waals surface area contributed by atoms with Gasteiger partial charge in [0, 0.05) is 10.8 Å². The number of hydrogen-bond acceptors (Lipinski definition) is 4. The summed E-state index contributed by atoms with van der Waals surface area (Å²) in [6, 6.07) is 0. The van der Waals surface area contributed by atoms with Gasteiger partial charge >= 0.3 is 5.97 Å². The second kappa shape index (κ2) is 8.20. The van der Waals surface area contributed by atoms with E-state index in [4.69, 9.17) is 4.74 Å². The summed E-state index contributed by atoms with van der Waals surface area (Å²) in [4.78, 5) is 21.2. The molecule has 0 aliphatic heterocycles. The SMILES string of the molecule is CCCC[C@@H](CC(=O)OCC)C[N+](=O)[O-]. The van der Waals surface area contributed by atoms with Gasteiger partial charge in [-0.15, -0.1) is 0 Å². The summed E-state index contributed by atoms with van der Waals surface area (Å²) < 4.78 is 4.77. The summed E-state index contributed by atoms with van der Waals surface area (Å²) in [5, 5.41) is 10.4. The molecule has 0 saturated carbocycles. The van der Waals surface area contributed by atoms with Crippen LogP contribution in [-0.4, -0.2) is 24.0 Å². The number of carbonyl (C=O) groups excluding carboxylic acids is 1. The lowest BCUT2D eigenvalue weighted by molar-refractivity contribution is -0.488. The molecule has 5 nitrogen and oxygen atoms in total. The maximum atomic E-state index is 11.2. The van der Waals surface area contributed by atoms with E-state index in [9.17, 15) is 14.9 Å². The Morgan fingerprint density at radius 2 is 2.13 bits per heavy atom. The van der Waals surface area contributed by atoms with Crippen molar-refractivity contribution in [2.45, 2.75) is 39.5 Å². The van der Waals surface area contributed by atoms with Crippen LogP contribution in [0, 0.1) is 16.0 Å². The molecule has 0 saturated heterocycles. The van der Waals surface area contributed by atoms with E-state index in [-0.39, 0.29) is 29.8 Å². The van der Waals surface area contributed by atoms with E-state index in [1.54, 1.807) is 6.92 Å². The Morgan fingerprint density at radius 1 is 1.47 bits per heavy atom. The van der Waals surface area contributed by atoms with Crippen molar-refractivity contribution >= 4 is 5.97 Å². The molecule has 0 rings (SSSR count). The maximum Gasteiger partial charge on any atom is 0.306 e. The monoisotopic (exact) mass is 217 g/mol. The normalized spacial score (nSPS) is 12.1. The number of rotatable bonds is 8. The molecule has 0 aromatic rings. The molecule has 0 unspecified atom stereocenters. The number of unbranched alkanes of at least 4 members (excludes halogenated alkanes) is 1. The highest BCUT2D eigenvalue weighted by Gasteiger charge is 2.19. The first kappa shape index (κ1) is 13.9. The van der Waals surface area contributed by atoms with Crippen LogP contribution in [0.2, 0.25) is 0 Å².